The van der Waals surface area contributed by atoms with Gasteiger partial charge in [-0.05, 0) is 30.0 Å². The molecule has 0 unspecified atom stereocenters. The predicted octanol–water partition coefficient (Wildman–Crippen LogP) is 4.06. The minimum atomic E-state index is -3.62. The van der Waals surface area contributed by atoms with Crippen molar-refractivity contribution in [2.75, 3.05) is 7.05 Å². The summed E-state index contributed by atoms with van der Waals surface area (Å²) >= 11 is 12.1. The molecule has 0 radical (unpaired) electrons. The molecular weight excluding hydrogens is 369 g/mol. The predicted molar refractivity (Wildman–Crippen MR) is 97.0 cm³/mol. The molecule has 0 saturated carbocycles. The van der Waals surface area contributed by atoms with Crippen LogP contribution in [0, 0.1) is 0 Å². The monoisotopic (exact) mass is 389 g/mol. The second-order valence-corrected chi connectivity index (χ2v) is 8.60. The second-order valence-electron chi connectivity index (χ2n) is 5.81. The molecule has 2 aromatic rings. The summed E-state index contributed by atoms with van der Waals surface area (Å²) in [5, 5.41) is 4.71. The minimum absolute atomic E-state index is 0.0504. The van der Waals surface area contributed by atoms with Crippen LogP contribution in [0.4, 0.5) is 0 Å². The standard InChI is InChI=1S/C16H21Cl2N3O2S/c1-5-11(2)12-6-8-13(9-7-12)24(22,23)20(3)10-14-15(17)16(18)21(4)19-14/h6-9,11H,5,10H2,1-4H3/t11-/m1/s1. The van der Waals surface area contributed by atoms with Crippen LogP contribution in [0.25, 0.3) is 0 Å². The fraction of sp³-hybridized carbons (Fsp3) is 0.438. The van der Waals surface area contributed by atoms with Gasteiger partial charge in [-0.15, -0.1) is 0 Å². The van der Waals surface area contributed by atoms with Crippen LogP contribution in [0.3, 0.4) is 0 Å². The number of sulfonamides is 1. The summed E-state index contributed by atoms with van der Waals surface area (Å²) in [5.41, 5.74) is 1.55. The van der Waals surface area contributed by atoms with Crippen molar-refractivity contribution in [3.8, 4) is 0 Å². The van der Waals surface area contributed by atoms with Crippen molar-refractivity contribution < 1.29 is 8.42 Å². The van der Waals surface area contributed by atoms with Gasteiger partial charge in [0.25, 0.3) is 0 Å². The number of benzene rings is 1. The topological polar surface area (TPSA) is 55.2 Å². The lowest BCUT2D eigenvalue weighted by molar-refractivity contribution is 0.460. The first-order valence-electron chi connectivity index (χ1n) is 7.61. The summed E-state index contributed by atoms with van der Waals surface area (Å²) in [4.78, 5) is 0.246. The van der Waals surface area contributed by atoms with Crippen molar-refractivity contribution in [3.63, 3.8) is 0 Å². The van der Waals surface area contributed by atoms with Crippen molar-refractivity contribution in [1.29, 1.82) is 0 Å². The van der Waals surface area contributed by atoms with E-state index in [1.807, 2.05) is 12.1 Å². The third kappa shape index (κ3) is 3.77. The third-order valence-electron chi connectivity index (χ3n) is 4.13. The Morgan fingerprint density at radius 1 is 1.25 bits per heavy atom. The molecule has 0 N–H and O–H groups in total. The van der Waals surface area contributed by atoms with E-state index in [9.17, 15) is 8.42 Å². The van der Waals surface area contributed by atoms with Crippen molar-refractivity contribution in [1.82, 2.24) is 14.1 Å². The highest BCUT2D eigenvalue weighted by Gasteiger charge is 2.24. The van der Waals surface area contributed by atoms with Crippen molar-refractivity contribution in [2.24, 2.45) is 7.05 Å². The van der Waals surface area contributed by atoms with E-state index in [4.69, 9.17) is 23.2 Å². The van der Waals surface area contributed by atoms with Crippen LogP contribution in [0.15, 0.2) is 29.2 Å². The Morgan fingerprint density at radius 3 is 2.29 bits per heavy atom. The van der Waals surface area contributed by atoms with E-state index >= 15 is 0 Å². The summed E-state index contributed by atoms with van der Waals surface area (Å²) < 4.78 is 28.0. The van der Waals surface area contributed by atoms with Gasteiger partial charge in [0, 0.05) is 14.1 Å². The van der Waals surface area contributed by atoms with Gasteiger partial charge in [-0.25, -0.2) is 8.42 Å². The molecule has 5 nitrogen and oxygen atoms in total. The average Bonchev–Trinajstić information content (AvgIpc) is 2.81. The fourth-order valence-electron chi connectivity index (χ4n) is 2.31. The molecule has 0 bridgehead atoms. The normalized spacial score (nSPS) is 13.5. The van der Waals surface area contributed by atoms with E-state index in [0.29, 0.717) is 11.6 Å². The first-order valence-corrected chi connectivity index (χ1v) is 9.81. The molecule has 0 aliphatic rings. The van der Waals surface area contributed by atoms with Gasteiger partial charge in [0.2, 0.25) is 10.0 Å². The number of aryl methyl sites for hydroxylation is 1. The molecule has 1 aromatic heterocycles. The lowest BCUT2D eigenvalue weighted by atomic mass is 9.99. The molecule has 24 heavy (non-hydrogen) atoms. The van der Waals surface area contributed by atoms with E-state index in [0.717, 1.165) is 12.0 Å². The Kier molecular flexibility index (Phi) is 5.96. The van der Waals surface area contributed by atoms with Crippen molar-refractivity contribution in [3.05, 3.63) is 45.7 Å². The SMILES string of the molecule is CC[C@@H](C)c1ccc(S(=O)(=O)N(C)Cc2nn(C)c(Cl)c2Cl)cc1. The number of aromatic nitrogens is 2. The molecule has 8 heteroatoms. The molecule has 0 aliphatic heterocycles. The smallest absolute Gasteiger partial charge is 0.243 e. The largest absolute Gasteiger partial charge is 0.255 e. The van der Waals surface area contributed by atoms with E-state index in [1.54, 1.807) is 19.2 Å². The third-order valence-corrected chi connectivity index (χ3v) is 6.88. The van der Waals surface area contributed by atoms with Gasteiger partial charge in [-0.1, -0.05) is 49.2 Å². The molecule has 0 fully saturated rings. The summed E-state index contributed by atoms with van der Waals surface area (Å²) in [5.74, 6) is 0.397. The molecule has 1 heterocycles. The van der Waals surface area contributed by atoms with Crippen LogP contribution in [-0.4, -0.2) is 29.6 Å². The number of nitrogens with zero attached hydrogens (tertiary/aromatic N) is 3. The molecule has 1 atom stereocenters. The van der Waals surface area contributed by atoms with Gasteiger partial charge >= 0.3 is 0 Å². The lowest BCUT2D eigenvalue weighted by Crippen LogP contribution is -2.27. The highest BCUT2D eigenvalue weighted by molar-refractivity contribution is 7.89. The summed E-state index contributed by atoms with van der Waals surface area (Å²) in [6.45, 7) is 4.27. The summed E-state index contributed by atoms with van der Waals surface area (Å²) in [6.07, 6.45) is 1.00. The number of hydrogen-bond donors (Lipinski definition) is 0. The quantitative estimate of drug-likeness (QED) is 0.748. The lowest BCUT2D eigenvalue weighted by Gasteiger charge is -2.17. The maximum Gasteiger partial charge on any atom is 0.243 e. The molecule has 0 spiro atoms. The second kappa shape index (κ2) is 7.44. The molecule has 0 saturated heterocycles. The molecule has 2 rings (SSSR count). The van der Waals surface area contributed by atoms with Crippen LogP contribution in [0.1, 0.15) is 37.4 Å². The summed E-state index contributed by atoms with van der Waals surface area (Å²) in [6, 6.07) is 7.00. The van der Waals surface area contributed by atoms with Crippen molar-refractivity contribution >= 4 is 33.2 Å². The Morgan fingerprint density at radius 2 is 1.83 bits per heavy atom. The number of halogens is 2. The maximum absolute atomic E-state index is 12.7. The van der Waals surface area contributed by atoms with Crippen LogP contribution in [0.2, 0.25) is 10.2 Å². The van der Waals surface area contributed by atoms with E-state index in [-0.39, 0.29) is 21.6 Å². The first-order chi connectivity index (χ1) is 11.2. The van der Waals surface area contributed by atoms with Crippen LogP contribution >= 0.6 is 23.2 Å². The van der Waals surface area contributed by atoms with Crippen LogP contribution in [-0.2, 0) is 23.6 Å². The van der Waals surface area contributed by atoms with Gasteiger partial charge in [0.15, 0.2) is 0 Å². The zero-order valence-electron chi connectivity index (χ0n) is 14.1. The van der Waals surface area contributed by atoms with Gasteiger partial charge in [0.05, 0.1) is 17.1 Å². The Labute approximate surface area is 153 Å². The maximum atomic E-state index is 12.7. The van der Waals surface area contributed by atoms with Gasteiger partial charge < -0.3 is 0 Å². The van der Waals surface area contributed by atoms with Crippen molar-refractivity contribution in [2.45, 2.75) is 37.6 Å². The Hall–Kier alpha value is -1.08. The van der Waals surface area contributed by atoms with E-state index < -0.39 is 10.0 Å². The number of rotatable bonds is 6. The molecule has 132 valence electrons. The van der Waals surface area contributed by atoms with Gasteiger partial charge in [-0.2, -0.15) is 9.40 Å². The van der Waals surface area contributed by atoms with Gasteiger partial charge in [0.1, 0.15) is 10.2 Å². The highest BCUT2D eigenvalue weighted by atomic mass is 35.5. The molecule has 0 aliphatic carbocycles. The minimum Gasteiger partial charge on any atom is -0.255 e. The highest BCUT2D eigenvalue weighted by Crippen LogP contribution is 2.27. The number of hydrogen-bond acceptors (Lipinski definition) is 3. The zero-order chi connectivity index (χ0) is 18.1. The fourth-order valence-corrected chi connectivity index (χ4v) is 3.81. The summed E-state index contributed by atoms with van der Waals surface area (Å²) in [7, 11) is -0.475. The van der Waals surface area contributed by atoms with Crippen LogP contribution in [0.5, 0.6) is 0 Å². The first kappa shape index (κ1) is 19.2. The zero-order valence-corrected chi connectivity index (χ0v) is 16.5. The molecule has 1 aromatic carbocycles. The molecular formula is C16H21Cl2N3O2S. The van der Waals surface area contributed by atoms with E-state index in [2.05, 4.69) is 18.9 Å². The molecule has 0 amide bonds. The van der Waals surface area contributed by atoms with Gasteiger partial charge in [-0.3, -0.25) is 4.68 Å². The average molecular weight is 390 g/mol. The Bertz CT molecular complexity index is 817. The van der Waals surface area contributed by atoms with E-state index in [1.165, 1.54) is 16.0 Å². The Balaban J connectivity index is 2.24. The van der Waals surface area contributed by atoms with Crippen LogP contribution < -0.4 is 0 Å².